The van der Waals surface area contributed by atoms with Crippen molar-refractivity contribution in [3.8, 4) is 11.5 Å². The van der Waals surface area contributed by atoms with Crippen LogP contribution in [0.2, 0.25) is 0 Å². The van der Waals surface area contributed by atoms with E-state index in [2.05, 4.69) is 43.4 Å². The van der Waals surface area contributed by atoms with E-state index in [1.807, 2.05) is 12.1 Å². The third-order valence-corrected chi connectivity index (χ3v) is 5.26. The van der Waals surface area contributed by atoms with Gasteiger partial charge in [-0.05, 0) is 28.7 Å². The SMILES string of the molecule is CC(C)c1ccc(C2C3=C(COC3=O)Nc3cc4c(cc32)OCO4)cc1. The highest BCUT2D eigenvalue weighted by atomic mass is 16.7. The summed E-state index contributed by atoms with van der Waals surface area (Å²) in [6, 6.07) is 12.4. The van der Waals surface area contributed by atoms with E-state index in [4.69, 9.17) is 14.2 Å². The van der Waals surface area contributed by atoms with Crippen LogP contribution in [0.25, 0.3) is 0 Å². The highest BCUT2D eigenvalue weighted by molar-refractivity contribution is 5.97. The molecule has 0 spiro atoms. The zero-order valence-corrected chi connectivity index (χ0v) is 14.7. The summed E-state index contributed by atoms with van der Waals surface area (Å²) in [5.74, 6) is 1.47. The zero-order valence-electron chi connectivity index (χ0n) is 14.7. The first kappa shape index (κ1) is 15.3. The third-order valence-electron chi connectivity index (χ3n) is 5.26. The van der Waals surface area contributed by atoms with Gasteiger partial charge >= 0.3 is 5.97 Å². The molecule has 3 aliphatic rings. The average Bonchev–Trinajstić information content (AvgIpc) is 3.24. The number of hydrogen-bond donors (Lipinski definition) is 1. The van der Waals surface area contributed by atoms with Crippen LogP contribution in [-0.2, 0) is 9.53 Å². The number of fused-ring (bicyclic) bond motifs is 2. The van der Waals surface area contributed by atoms with Gasteiger partial charge in [-0.3, -0.25) is 0 Å². The number of nitrogens with one attached hydrogen (secondary N) is 1. The number of esters is 1. The van der Waals surface area contributed by atoms with Gasteiger partial charge in [0.25, 0.3) is 0 Å². The summed E-state index contributed by atoms with van der Waals surface area (Å²) in [6.07, 6.45) is 0. The zero-order chi connectivity index (χ0) is 17.8. The Morgan fingerprint density at radius 1 is 1.04 bits per heavy atom. The molecule has 2 aromatic rings. The van der Waals surface area contributed by atoms with E-state index in [9.17, 15) is 4.79 Å². The van der Waals surface area contributed by atoms with Crippen molar-refractivity contribution in [2.24, 2.45) is 0 Å². The van der Waals surface area contributed by atoms with Crippen LogP contribution < -0.4 is 14.8 Å². The standard InChI is InChI=1S/C21H19NO4/c1-11(2)12-3-5-13(6-4-12)19-14-7-17-18(26-10-25-17)8-15(14)22-16-9-24-21(23)20(16)19/h3-8,11,19,22H,9-10H2,1-2H3. The summed E-state index contributed by atoms with van der Waals surface area (Å²) in [6.45, 7) is 4.85. The predicted molar refractivity (Wildman–Crippen MR) is 96.5 cm³/mol. The molecule has 5 rings (SSSR count). The van der Waals surface area contributed by atoms with E-state index in [1.165, 1.54) is 5.56 Å². The van der Waals surface area contributed by atoms with Gasteiger partial charge in [-0.15, -0.1) is 0 Å². The van der Waals surface area contributed by atoms with Gasteiger partial charge in [-0.25, -0.2) is 4.79 Å². The Bertz CT molecular complexity index is 943. The fraction of sp³-hybridized carbons (Fsp3) is 0.286. The molecule has 0 fully saturated rings. The molecule has 0 aromatic heterocycles. The lowest BCUT2D eigenvalue weighted by Crippen LogP contribution is -2.19. The first-order valence-corrected chi connectivity index (χ1v) is 8.82. The van der Waals surface area contributed by atoms with Gasteiger partial charge in [0.15, 0.2) is 11.5 Å². The molecule has 3 heterocycles. The number of benzene rings is 2. The minimum absolute atomic E-state index is 0.174. The first-order valence-electron chi connectivity index (χ1n) is 8.82. The molecule has 2 aromatic carbocycles. The lowest BCUT2D eigenvalue weighted by molar-refractivity contribution is -0.136. The van der Waals surface area contributed by atoms with Gasteiger partial charge in [-0.1, -0.05) is 38.1 Å². The summed E-state index contributed by atoms with van der Waals surface area (Å²) >= 11 is 0. The molecular weight excluding hydrogens is 330 g/mol. The topological polar surface area (TPSA) is 56.8 Å². The minimum atomic E-state index is -0.256. The Morgan fingerprint density at radius 2 is 1.77 bits per heavy atom. The molecule has 5 heteroatoms. The van der Waals surface area contributed by atoms with Crippen LogP contribution in [0.5, 0.6) is 11.5 Å². The van der Waals surface area contributed by atoms with E-state index in [1.54, 1.807) is 0 Å². The van der Waals surface area contributed by atoms with E-state index < -0.39 is 0 Å². The van der Waals surface area contributed by atoms with Gasteiger partial charge < -0.3 is 19.5 Å². The summed E-state index contributed by atoms with van der Waals surface area (Å²) in [5.41, 5.74) is 5.81. The van der Waals surface area contributed by atoms with E-state index in [0.29, 0.717) is 17.2 Å². The molecule has 1 unspecified atom stereocenters. The quantitative estimate of drug-likeness (QED) is 0.833. The predicted octanol–water partition coefficient (Wildman–Crippen LogP) is 3.91. The summed E-state index contributed by atoms with van der Waals surface area (Å²) in [5, 5.41) is 3.35. The summed E-state index contributed by atoms with van der Waals surface area (Å²) < 4.78 is 16.4. The molecule has 0 saturated heterocycles. The second kappa shape index (κ2) is 5.53. The fourth-order valence-electron chi connectivity index (χ4n) is 3.85. The monoisotopic (exact) mass is 349 g/mol. The number of rotatable bonds is 2. The normalized spacial score (nSPS) is 20.0. The Balaban J connectivity index is 1.67. The largest absolute Gasteiger partial charge is 0.456 e. The molecule has 1 atom stereocenters. The molecule has 0 radical (unpaired) electrons. The average molecular weight is 349 g/mol. The second-order valence-corrected chi connectivity index (χ2v) is 7.14. The van der Waals surface area contributed by atoms with Crippen LogP contribution in [0.1, 0.15) is 42.4 Å². The lowest BCUT2D eigenvalue weighted by Gasteiger charge is -2.27. The lowest BCUT2D eigenvalue weighted by atomic mass is 9.80. The van der Waals surface area contributed by atoms with E-state index in [-0.39, 0.29) is 25.3 Å². The number of ether oxygens (including phenoxy) is 3. The van der Waals surface area contributed by atoms with Crippen LogP contribution in [0, 0.1) is 0 Å². The molecule has 0 aliphatic carbocycles. The van der Waals surface area contributed by atoms with Crippen molar-refractivity contribution in [3.63, 3.8) is 0 Å². The van der Waals surface area contributed by atoms with Crippen molar-refractivity contribution in [1.82, 2.24) is 0 Å². The molecule has 26 heavy (non-hydrogen) atoms. The highest BCUT2D eigenvalue weighted by Crippen LogP contribution is 2.48. The van der Waals surface area contributed by atoms with Crippen LogP contribution >= 0.6 is 0 Å². The summed E-state index contributed by atoms with van der Waals surface area (Å²) in [7, 11) is 0. The van der Waals surface area contributed by atoms with Crippen LogP contribution in [0.15, 0.2) is 47.7 Å². The van der Waals surface area contributed by atoms with Crippen LogP contribution in [0.4, 0.5) is 5.69 Å². The smallest absolute Gasteiger partial charge is 0.337 e. The van der Waals surface area contributed by atoms with Gasteiger partial charge in [0.1, 0.15) is 6.61 Å². The van der Waals surface area contributed by atoms with Crippen molar-refractivity contribution in [3.05, 3.63) is 64.4 Å². The maximum atomic E-state index is 12.4. The van der Waals surface area contributed by atoms with E-state index >= 15 is 0 Å². The Kier molecular flexibility index (Phi) is 3.26. The second-order valence-electron chi connectivity index (χ2n) is 7.14. The number of anilines is 1. The molecule has 0 amide bonds. The molecular formula is C21H19NO4. The molecule has 132 valence electrons. The fourth-order valence-corrected chi connectivity index (χ4v) is 3.85. The van der Waals surface area contributed by atoms with E-state index in [0.717, 1.165) is 28.3 Å². The molecule has 0 bridgehead atoms. The molecule has 0 saturated carbocycles. The maximum absolute atomic E-state index is 12.4. The number of cyclic esters (lactones) is 1. The number of hydrogen-bond acceptors (Lipinski definition) is 5. The van der Waals surface area contributed by atoms with Crippen molar-refractivity contribution in [2.75, 3.05) is 18.7 Å². The molecule has 5 nitrogen and oxygen atoms in total. The Morgan fingerprint density at radius 3 is 2.50 bits per heavy atom. The maximum Gasteiger partial charge on any atom is 0.337 e. The molecule has 3 aliphatic heterocycles. The van der Waals surface area contributed by atoms with Crippen molar-refractivity contribution >= 4 is 11.7 Å². The van der Waals surface area contributed by atoms with Crippen molar-refractivity contribution in [1.29, 1.82) is 0 Å². The minimum Gasteiger partial charge on any atom is -0.456 e. The number of carbonyl (C=O) groups is 1. The number of carbonyl (C=O) groups excluding carboxylic acids is 1. The highest BCUT2D eigenvalue weighted by Gasteiger charge is 2.39. The van der Waals surface area contributed by atoms with Crippen molar-refractivity contribution < 1.29 is 19.0 Å². The van der Waals surface area contributed by atoms with Gasteiger partial charge in [0, 0.05) is 17.7 Å². The van der Waals surface area contributed by atoms with Gasteiger partial charge in [0.05, 0.1) is 11.3 Å². The Labute approximate surface area is 151 Å². The van der Waals surface area contributed by atoms with Crippen LogP contribution in [0.3, 0.4) is 0 Å². The Hall–Kier alpha value is -2.95. The van der Waals surface area contributed by atoms with Crippen LogP contribution in [-0.4, -0.2) is 19.4 Å². The first-order chi connectivity index (χ1) is 12.6. The van der Waals surface area contributed by atoms with Gasteiger partial charge in [-0.2, -0.15) is 0 Å². The van der Waals surface area contributed by atoms with Gasteiger partial charge in [0.2, 0.25) is 6.79 Å². The van der Waals surface area contributed by atoms with Crippen molar-refractivity contribution in [2.45, 2.75) is 25.7 Å². The third kappa shape index (κ3) is 2.20. The summed E-state index contributed by atoms with van der Waals surface area (Å²) in [4.78, 5) is 12.4. The molecule has 1 N–H and O–H groups in total.